The van der Waals surface area contributed by atoms with Crippen LogP contribution < -0.4 is 10.4 Å². The van der Waals surface area contributed by atoms with Crippen LogP contribution in [0.4, 0.5) is 0 Å². The summed E-state index contributed by atoms with van der Waals surface area (Å²) in [5.74, 6) is 0. The first kappa shape index (κ1) is 19.7. The van der Waals surface area contributed by atoms with E-state index in [0.717, 1.165) is 14.2 Å². The molecule has 0 aliphatic carbocycles. The van der Waals surface area contributed by atoms with Gasteiger partial charge in [0.25, 0.3) is 0 Å². The third-order valence-electron chi connectivity index (χ3n) is 3.15. The van der Waals surface area contributed by atoms with E-state index in [0.29, 0.717) is 0 Å². The second-order valence-electron chi connectivity index (χ2n) is 4.67. The maximum Gasteiger partial charge on any atom is 0.444 e. The van der Waals surface area contributed by atoms with E-state index in [-0.39, 0.29) is 10.4 Å². The molecule has 0 amide bonds. The minimum absolute atomic E-state index is 0.238. The van der Waals surface area contributed by atoms with Crippen LogP contribution in [0.25, 0.3) is 0 Å². The maximum absolute atomic E-state index is 12.0. The van der Waals surface area contributed by atoms with E-state index in [2.05, 4.69) is 8.37 Å². The Bertz CT molecular complexity index is 821. The fraction of sp³-hybridized carbons (Fsp3) is 0.143. The molecule has 2 rings (SSSR count). The Hall–Kier alpha value is -1.60. The molecule has 0 unspecified atom stereocenters. The Morgan fingerprint density at radius 2 is 0.960 bits per heavy atom. The van der Waals surface area contributed by atoms with E-state index in [1.165, 1.54) is 24.3 Å². The fourth-order valence-electron chi connectivity index (χ4n) is 2.04. The fourth-order valence-corrected chi connectivity index (χ4v) is 8.38. The van der Waals surface area contributed by atoms with Gasteiger partial charge in [0.2, 0.25) is 0 Å². The molecule has 0 bridgehead atoms. The molecule has 0 fully saturated rings. The van der Waals surface area contributed by atoms with Crippen molar-refractivity contribution in [2.24, 2.45) is 0 Å². The van der Waals surface area contributed by atoms with Gasteiger partial charge in [-0.15, -0.1) is 0 Å². The first-order valence-electron chi connectivity index (χ1n) is 6.88. The molecule has 2 aromatic rings. The molecule has 0 heterocycles. The highest BCUT2D eigenvalue weighted by Crippen LogP contribution is 2.17. The van der Waals surface area contributed by atoms with Crippen molar-refractivity contribution >= 4 is 39.7 Å². The molecule has 0 aliphatic rings. The maximum atomic E-state index is 12.0. The summed E-state index contributed by atoms with van der Waals surface area (Å²) < 4.78 is 67.1. The Labute approximate surface area is 147 Å². The molecule has 8 nitrogen and oxygen atoms in total. The minimum Gasteiger partial charge on any atom is -0.252 e. The standard InChI is InChI=1S/C14H16O8S2Si/c1-19-23(15,16)21-25(22-24(17,18)20-2,13-9-5-3-6-10-13)14-11-7-4-8-12-14/h3-12H,1-2H3. The highest BCUT2D eigenvalue weighted by atomic mass is 32.3. The molecule has 2 aromatic carbocycles. The molecular formula is C14H16O8S2Si. The van der Waals surface area contributed by atoms with Crippen molar-refractivity contribution < 1.29 is 32.9 Å². The van der Waals surface area contributed by atoms with Crippen molar-refractivity contribution in [2.75, 3.05) is 14.2 Å². The molecule has 0 aromatic heterocycles. The third-order valence-corrected chi connectivity index (χ3v) is 9.67. The van der Waals surface area contributed by atoms with Gasteiger partial charge in [0, 0.05) is 10.4 Å². The van der Waals surface area contributed by atoms with Gasteiger partial charge in [0.05, 0.1) is 14.2 Å². The van der Waals surface area contributed by atoms with E-state index in [4.69, 9.17) is 7.74 Å². The van der Waals surface area contributed by atoms with Crippen molar-refractivity contribution in [2.45, 2.75) is 0 Å². The zero-order valence-electron chi connectivity index (χ0n) is 13.4. The summed E-state index contributed by atoms with van der Waals surface area (Å²) in [6, 6.07) is 15.8. The SMILES string of the molecule is COS(=O)(=O)O[Si](OS(=O)(=O)OC)(c1ccccc1)c1ccccc1. The topological polar surface area (TPSA) is 105 Å². The van der Waals surface area contributed by atoms with Gasteiger partial charge in [0.15, 0.2) is 0 Å². The lowest BCUT2D eigenvalue weighted by atomic mass is 10.4. The summed E-state index contributed by atoms with van der Waals surface area (Å²) in [6.07, 6.45) is 0. The van der Waals surface area contributed by atoms with E-state index >= 15 is 0 Å². The van der Waals surface area contributed by atoms with E-state index in [9.17, 15) is 16.8 Å². The first-order chi connectivity index (χ1) is 11.7. The number of hydrogen-bond donors (Lipinski definition) is 0. The summed E-state index contributed by atoms with van der Waals surface area (Å²) in [5.41, 5.74) is 0. The van der Waals surface area contributed by atoms with E-state index in [1.54, 1.807) is 36.4 Å². The van der Waals surface area contributed by atoms with Crippen LogP contribution in [-0.2, 0) is 36.9 Å². The number of benzene rings is 2. The van der Waals surface area contributed by atoms with Crippen molar-refractivity contribution in [1.82, 2.24) is 0 Å². The molecule has 25 heavy (non-hydrogen) atoms. The summed E-state index contributed by atoms with van der Waals surface area (Å²) in [7, 11) is -11.6. The van der Waals surface area contributed by atoms with Crippen LogP contribution >= 0.6 is 0 Å². The molecule has 0 spiro atoms. The molecule has 0 saturated carbocycles. The van der Waals surface area contributed by atoms with Gasteiger partial charge >= 0.3 is 29.4 Å². The normalized spacial score (nSPS) is 12.9. The lowest BCUT2D eigenvalue weighted by Crippen LogP contribution is -2.65. The zero-order valence-corrected chi connectivity index (χ0v) is 16.0. The summed E-state index contributed by atoms with van der Waals surface area (Å²) in [5, 5.41) is 0.477. The predicted octanol–water partition coefficient (Wildman–Crippen LogP) is 0.0586. The number of hydrogen-bond acceptors (Lipinski definition) is 8. The molecule has 0 saturated heterocycles. The Balaban J connectivity index is 2.78. The summed E-state index contributed by atoms with van der Waals surface area (Å²) >= 11 is 0. The second kappa shape index (κ2) is 7.74. The van der Waals surface area contributed by atoms with E-state index < -0.39 is 29.4 Å². The van der Waals surface area contributed by atoms with Gasteiger partial charge in [0.1, 0.15) is 0 Å². The largest absolute Gasteiger partial charge is 0.444 e. The third kappa shape index (κ3) is 4.73. The average Bonchev–Trinajstić information content (AvgIpc) is 2.62. The number of rotatable bonds is 8. The van der Waals surface area contributed by atoms with Crippen molar-refractivity contribution in [1.29, 1.82) is 0 Å². The van der Waals surface area contributed by atoms with Crippen molar-refractivity contribution in [3.05, 3.63) is 60.7 Å². The monoisotopic (exact) mass is 404 g/mol. The molecule has 0 aliphatic heterocycles. The van der Waals surface area contributed by atoms with Crippen LogP contribution in [0, 0.1) is 0 Å². The smallest absolute Gasteiger partial charge is 0.252 e. The van der Waals surface area contributed by atoms with Crippen molar-refractivity contribution in [3.8, 4) is 0 Å². The summed E-state index contributed by atoms with van der Waals surface area (Å²) in [4.78, 5) is 0. The van der Waals surface area contributed by atoms with E-state index in [1.807, 2.05) is 0 Å². The molecule has 136 valence electrons. The van der Waals surface area contributed by atoms with Gasteiger partial charge in [-0.2, -0.15) is 16.8 Å². The lowest BCUT2D eigenvalue weighted by molar-refractivity contribution is 0.286. The van der Waals surface area contributed by atoms with Gasteiger partial charge in [-0.25, -0.2) is 0 Å². The zero-order chi connectivity index (χ0) is 18.6. The van der Waals surface area contributed by atoms with Crippen LogP contribution in [-0.4, -0.2) is 39.6 Å². The van der Waals surface area contributed by atoms with Gasteiger partial charge in [-0.05, 0) is 0 Å². The molecule has 11 heteroatoms. The molecule has 0 radical (unpaired) electrons. The Kier molecular flexibility index (Phi) is 6.10. The Morgan fingerprint density at radius 3 is 1.24 bits per heavy atom. The first-order valence-corrected chi connectivity index (χ1v) is 11.4. The highest BCUT2D eigenvalue weighted by molar-refractivity contribution is 7.85. The van der Waals surface area contributed by atoms with Crippen LogP contribution in [0.3, 0.4) is 0 Å². The second-order valence-corrected chi connectivity index (χ2v) is 10.7. The quantitative estimate of drug-likeness (QED) is 0.569. The highest BCUT2D eigenvalue weighted by Gasteiger charge is 2.51. The molecule has 0 atom stereocenters. The van der Waals surface area contributed by atoms with Crippen LogP contribution in [0.5, 0.6) is 0 Å². The van der Waals surface area contributed by atoms with Crippen LogP contribution in [0.1, 0.15) is 0 Å². The van der Waals surface area contributed by atoms with Gasteiger partial charge in [-0.1, -0.05) is 60.7 Å². The molecular weight excluding hydrogens is 388 g/mol. The van der Waals surface area contributed by atoms with Gasteiger partial charge in [-0.3, -0.25) is 16.1 Å². The predicted molar refractivity (Wildman–Crippen MR) is 91.9 cm³/mol. The van der Waals surface area contributed by atoms with Crippen LogP contribution in [0.15, 0.2) is 60.7 Å². The molecule has 0 N–H and O–H groups in total. The average molecular weight is 404 g/mol. The van der Waals surface area contributed by atoms with Gasteiger partial charge < -0.3 is 0 Å². The Morgan fingerprint density at radius 1 is 0.640 bits per heavy atom. The van der Waals surface area contributed by atoms with Crippen molar-refractivity contribution in [3.63, 3.8) is 0 Å². The lowest BCUT2D eigenvalue weighted by Gasteiger charge is -2.28. The van der Waals surface area contributed by atoms with Crippen LogP contribution in [0.2, 0.25) is 0 Å². The summed E-state index contributed by atoms with van der Waals surface area (Å²) in [6.45, 7) is 0. The minimum atomic E-state index is -4.54.